The lowest BCUT2D eigenvalue weighted by molar-refractivity contribution is 0.151. The van der Waals surface area contributed by atoms with Gasteiger partial charge in [0, 0.05) is 32.7 Å². The lowest BCUT2D eigenvalue weighted by Crippen LogP contribution is -2.42. The number of nitrogens with zero attached hydrogens (tertiary/aromatic N) is 4. The molecule has 1 aliphatic heterocycles. The Bertz CT molecular complexity index is 743. The normalized spacial score (nSPS) is 19.6. The van der Waals surface area contributed by atoms with Crippen molar-refractivity contribution in [2.75, 3.05) is 26.2 Å². The van der Waals surface area contributed by atoms with Crippen LogP contribution in [0.1, 0.15) is 39.0 Å². The fourth-order valence-corrected chi connectivity index (χ4v) is 4.24. The van der Waals surface area contributed by atoms with E-state index in [1.165, 1.54) is 37.7 Å². The molecular formula is C20H29N5. The fraction of sp³-hybridized carbons (Fsp3) is 0.600. The highest BCUT2D eigenvalue weighted by Gasteiger charge is 2.43. The number of para-hydroxylation sites is 2. The van der Waals surface area contributed by atoms with Crippen LogP contribution in [0.15, 0.2) is 35.6 Å². The Labute approximate surface area is 150 Å². The Morgan fingerprint density at radius 3 is 2.92 bits per heavy atom. The summed E-state index contributed by atoms with van der Waals surface area (Å²) < 4.78 is 2.23. The first-order valence-electron chi connectivity index (χ1n) is 9.73. The molecule has 5 heteroatoms. The average Bonchev–Trinajstić information content (AvgIpc) is 3.22. The molecule has 1 aliphatic carbocycles. The third kappa shape index (κ3) is 3.37. The van der Waals surface area contributed by atoms with Crippen molar-refractivity contribution < 1.29 is 0 Å². The fourth-order valence-electron chi connectivity index (χ4n) is 4.24. The van der Waals surface area contributed by atoms with Gasteiger partial charge in [0.25, 0.3) is 0 Å². The van der Waals surface area contributed by atoms with Crippen molar-refractivity contribution in [2.45, 2.75) is 45.6 Å². The van der Waals surface area contributed by atoms with Gasteiger partial charge in [-0.1, -0.05) is 18.6 Å². The number of aliphatic imine (C=N–C) groups is 1. The molecular weight excluding hydrogens is 310 g/mol. The minimum Gasteiger partial charge on any atom is -0.357 e. The highest BCUT2D eigenvalue weighted by Crippen LogP contribution is 2.47. The summed E-state index contributed by atoms with van der Waals surface area (Å²) in [6, 6.07) is 8.32. The highest BCUT2D eigenvalue weighted by molar-refractivity contribution is 5.80. The van der Waals surface area contributed by atoms with E-state index in [9.17, 15) is 0 Å². The number of fused-ring (bicyclic) bond motifs is 1. The van der Waals surface area contributed by atoms with Gasteiger partial charge in [0.2, 0.25) is 0 Å². The van der Waals surface area contributed by atoms with Crippen LogP contribution in [0.2, 0.25) is 0 Å². The predicted octanol–water partition coefficient (Wildman–Crippen LogP) is 3.27. The molecule has 2 heterocycles. The van der Waals surface area contributed by atoms with Gasteiger partial charge in [-0.25, -0.2) is 4.98 Å². The number of likely N-dealkylation sites (tertiary alicyclic amines) is 1. The standard InChI is InChI=1S/C20H29N5/c1-2-21-19(24-14-11-20(15-24)9-5-10-20)22-12-6-13-25-16-23-17-7-3-4-8-18(17)25/h3-4,7-8,16H,2,5-6,9-15H2,1H3,(H,21,22). The predicted molar refractivity (Wildman–Crippen MR) is 103 cm³/mol. The SMILES string of the molecule is CCNC(=NCCCn1cnc2ccccc21)N1CCC2(CCC2)C1. The van der Waals surface area contributed by atoms with Crippen molar-refractivity contribution in [3.63, 3.8) is 0 Å². The van der Waals surface area contributed by atoms with E-state index in [4.69, 9.17) is 4.99 Å². The van der Waals surface area contributed by atoms with Gasteiger partial charge in [-0.3, -0.25) is 4.99 Å². The van der Waals surface area contributed by atoms with Crippen LogP contribution in [0.3, 0.4) is 0 Å². The van der Waals surface area contributed by atoms with E-state index in [1.807, 2.05) is 12.4 Å². The van der Waals surface area contributed by atoms with Crippen molar-refractivity contribution in [3.05, 3.63) is 30.6 Å². The van der Waals surface area contributed by atoms with E-state index in [0.717, 1.165) is 44.1 Å². The Hall–Kier alpha value is -2.04. The van der Waals surface area contributed by atoms with Crippen molar-refractivity contribution in [3.8, 4) is 0 Å². The van der Waals surface area contributed by atoms with E-state index in [1.54, 1.807) is 0 Å². The Morgan fingerprint density at radius 1 is 1.28 bits per heavy atom. The summed E-state index contributed by atoms with van der Waals surface area (Å²) in [5.74, 6) is 1.11. The molecule has 0 amide bonds. The number of nitrogens with one attached hydrogen (secondary N) is 1. The molecule has 25 heavy (non-hydrogen) atoms. The molecule has 0 atom stereocenters. The number of aromatic nitrogens is 2. The smallest absolute Gasteiger partial charge is 0.193 e. The molecule has 1 saturated carbocycles. The first-order chi connectivity index (χ1) is 12.3. The zero-order valence-electron chi connectivity index (χ0n) is 15.2. The first-order valence-corrected chi connectivity index (χ1v) is 9.73. The third-order valence-electron chi connectivity index (χ3n) is 5.83. The molecule has 0 bridgehead atoms. The number of hydrogen-bond donors (Lipinski definition) is 1. The summed E-state index contributed by atoms with van der Waals surface area (Å²) in [4.78, 5) is 11.8. The number of imidazole rings is 1. The van der Waals surface area contributed by atoms with Gasteiger partial charge in [-0.2, -0.15) is 0 Å². The topological polar surface area (TPSA) is 45.5 Å². The van der Waals surface area contributed by atoms with E-state index < -0.39 is 0 Å². The largest absolute Gasteiger partial charge is 0.357 e. The number of rotatable bonds is 5. The Balaban J connectivity index is 1.34. The van der Waals surface area contributed by atoms with Crippen LogP contribution in [0, 0.1) is 5.41 Å². The summed E-state index contributed by atoms with van der Waals surface area (Å²) in [6.45, 7) is 7.28. The molecule has 1 spiro atoms. The van der Waals surface area contributed by atoms with Gasteiger partial charge in [0.1, 0.15) is 0 Å². The monoisotopic (exact) mass is 339 g/mol. The molecule has 5 nitrogen and oxygen atoms in total. The maximum atomic E-state index is 4.90. The first kappa shape index (κ1) is 16.4. The summed E-state index contributed by atoms with van der Waals surface area (Å²) in [5, 5.41) is 3.49. The van der Waals surface area contributed by atoms with Crippen LogP contribution in [-0.2, 0) is 6.54 Å². The van der Waals surface area contributed by atoms with Crippen molar-refractivity contribution in [1.29, 1.82) is 0 Å². The van der Waals surface area contributed by atoms with E-state index in [-0.39, 0.29) is 0 Å². The van der Waals surface area contributed by atoms with E-state index in [2.05, 4.69) is 44.9 Å². The number of guanidine groups is 1. The van der Waals surface area contributed by atoms with Gasteiger partial charge >= 0.3 is 0 Å². The average molecular weight is 339 g/mol. The lowest BCUT2D eigenvalue weighted by atomic mass is 9.68. The molecule has 1 aromatic carbocycles. The van der Waals surface area contributed by atoms with Crippen LogP contribution >= 0.6 is 0 Å². The van der Waals surface area contributed by atoms with Crippen LogP contribution in [0.25, 0.3) is 11.0 Å². The molecule has 1 saturated heterocycles. The van der Waals surface area contributed by atoms with E-state index >= 15 is 0 Å². The number of hydrogen-bond acceptors (Lipinski definition) is 2. The van der Waals surface area contributed by atoms with Crippen molar-refractivity contribution in [1.82, 2.24) is 19.8 Å². The maximum Gasteiger partial charge on any atom is 0.193 e. The molecule has 0 radical (unpaired) electrons. The van der Waals surface area contributed by atoms with Crippen LogP contribution in [-0.4, -0.2) is 46.6 Å². The molecule has 4 rings (SSSR count). The minimum atomic E-state index is 0.617. The van der Waals surface area contributed by atoms with Crippen molar-refractivity contribution >= 4 is 17.0 Å². The molecule has 2 fully saturated rings. The van der Waals surface area contributed by atoms with Gasteiger partial charge in [-0.15, -0.1) is 0 Å². The molecule has 134 valence electrons. The maximum absolute atomic E-state index is 4.90. The van der Waals surface area contributed by atoms with Gasteiger partial charge in [0.05, 0.1) is 17.4 Å². The third-order valence-corrected chi connectivity index (χ3v) is 5.83. The molecule has 1 N–H and O–H groups in total. The lowest BCUT2D eigenvalue weighted by Gasteiger charge is -2.38. The number of aryl methyl sites for hydroxylation is 1. The minimum absolute atomic E-state index is 0.617. The Morgan fingerprint density at radius 2 is 2.16 bits per heavy atom. The zero-order valence-corrected chi connectivity index (χ0v) is 15.2. The van der Waals surface area contributed by atoms with Crippen LogP contribution in [0.4, 0.5) is 0 Å². The van der Waals surface area contributed by atoms with Gasteiger partial charge in [0.15, 0.2) is 5.96 Å². The quantitative estimate of drug-likeness (QED) is 0.517. The highest BCUT2D eigenvalue weighted by atomic mass is 15.3. The molecule has 0 unspecified atom stereocenters. The number of benzene rings is 1. The zero-order chi connectivity index (χ0) is 17.1. The van der Waals surface area contributed by atoms with Crippen LogP contribution in [0.5, 0.6) is 0 Å². The Kier molecular flexibility index (Phi) is 4.64. The second kappa shape index (κ2) is 7.06. The van der Waals surface area contributed by atoms with Gasteiger partial charge < -0.3 is 14.8 Å². The summed E-state index contributed by atoms with van der Waals surface area (Å²) in [7, 11) is 0. The molecule has 1 aromatic heterocycles. The molecule has 2 aromatic rings. The van der Waals surface area contributed by atoms with E-state index in [0.29, 0.717) is 5.41 Å². The van der Waals surface area contributed by atoms with Gasteiger partial charge in [-0.05, 0) is 50.2 Å². The summed E-state index contributed by atoms with van der Waals surface area (Å²) >= 11 is 0. The molecule has 2 aliphatic rings. The van der Waals surface area contributed by atoms with Crippen molar-refractivity contribution in [2.24, 2.45) is 10.4 Å². The summed E-state index contributed by atoms with van der Waals surface area (Å²) in [6.07, 6.45) is 8.57. The van der Waals surface area contributed by atoms with Crippen LogP contribution < -0.4 is 5.32 Å². The summed E-state index contributed by atoms with van der Waals surface area (Å²) in [5.41, 5.74) is 2.90. The second-order valence-electron chi connectivity index (χ2n) is 7.54. The second-order valence-corrected chi connectivity index (χ2v) is 7.54.